The number of hydrogen-bond acceptors (Lipinski definition) is 5. The van der Waals surface area contributed by atoms with Gasteiger partial charge in [0.1, 0.15) is 17.3 Å². The molecule has 0 atom stereocenters. The summed E-state index contributed by atoms with van der Waals surface area (Å²) in [6.07, 6.45) is 0. The van der Waals surface area contributed by atoms with Crippen LogP contribution in [-0.2, 0) is 5.75 Å². The van der Waals surface area contributed by atoms with Gasteiger partial charge >= 0.3 is 0 Å². The summed E-state index contributed by atoms with van der Waals surface area (Å²) in [4.78, 5) is 0. The molecule has 3 rings (SSSR count). The summed E-state index contributed by atoms with van der Waals surface area (Å²) >= 11 is 1.37. The van der Waals surface area contributed by atoms with E-state index in [1.807, 2.05) is 31.2 Å². The lowest BCUT2D eigenvalue weighted by Gasteiger charge is -2.10. The first-order valence-corrected chi connectivity index (χ1v) is 7.97. The highest BCUT2D eigenvalue weighted by atomic mass is 32.2. The van der Waals surface area contributed by atoms with Crippen LogP contribution in [0.25, 0.3) is 5.69 Å². The highest BCUT2D eigenvalue weighted by molar-refractivity contribution is 7.98. The molecule has 0 fully saturated rings. The molecule has 0 aliphatic carbocycles. The number of halogens is 1. The van der Waals surface area contributed by atoms with E-state index in [9.17, 15) is 4.39 Å². The monoisotopic (exact) mass is 330 g/mol. The molecular weight excluding hydrogens is 315 g/mol. The maximum Gasteiger partial charge on any atom is 0.214 e. The van der Waals surface area contributed by atoms with Crippen LogP contribution in [0, 0.1) is 12.7 Å². The molecule has 0 aliphatic heterocycles. The van der Waals surface area contributed by atoms with Gasteiger partial charge in [0.15, 0.2) is 0 Å². The van der Waals surface area contributed by atoms with E-state index in [0.29, 0.717) is 22.2 Å². The molecule has 3 aromatic rings. The summed E-state index contributed by atoms with van der Waals surface area (Å²) in [5, 5.41) is 12.4. The normalized spacial score (nSPS) is 10.7. The van der Waals surface area contributed by atoms with Crippen LogP contribution in [0.1, 0.15) is 11.1 Å². The Hall–Kier alpha value is -2.41. The second-order valence-corrected chi connectivity index (χ2v) is 5.87. The summed E-state index contributed by atoms with van der Waals surface area (Å²) in [6.45, 7) is 1.99. The Kier molecular flexibility index (Phi) is 4.57. The Labute approximate surface area is 137 Å². The van der Waals surface area contributed by atoms with Crippen LogP contribution in [0.15, 0.2) is 47.6 Å². The van der Waals surface area contributed by atoms with E-state index in [0.717, 1.165) is 11.3 Å². The summed E-state index contributed by atoms with van der Waals surface area (Å²) in [7, 11) is 1.60. The lowest BCUT2D eigenvalue weighted by Crippen LogP contribution is -2.02. The average molecular weight is 330 g/mol. The SMILES string of the molecule is COc1ccc(C)cc1-n1nnnc1SCc1ccccc1F. The number of methoxy groups -OCH3 is 1. The van der Waals surface area contributed by atoms with E-state index in [4.69, 9.17) is 4.74 Å². The number of nitrogens with zero attached hydrogens (tertiary/aromatic N) is 4. The number of aromatic nitrogens is 4. The molecule has 0 aliphatic rings. The van der Waals surface area contributed by atoms with Crippen LogP contribution in [0.2, 0.25) is 0 Å². The van der Waals surface area contributed by atoms with Gasteiger partial charge in [0, 0.05) is 5.75 Å². The second-order valence-electron chi connectivity index (χ2n) is 4.93. The van der Waals surface area contributed by atoms with Crippen molar-refractivity contribution in [1.29, 1.82) is 0 Å². The first-order valence-electron chi connectivity index (χ1n) is 6.98. The zero-order valence-electron chi connectivity index (χ0n) is 12.7. The van der Waals surface area contributed by atoms with E-state index in [1.165, 1.54) is 17.8 Å². The zero-order chi connectivity index (χ0) is 16.2. The van der Waals surface area contributed by atoms with Gasteiger partial charge in [0.05, 0.1) is 7.11 Å². The van der Waals surface area contributed by atoms with E-state index in [1.54, 1.807) is 23.9 Å². The van der Waals surface area contributed by atoms with Crippen LogP contribution in [0.4, 0.5) is 4.39 Å². The number of aryl methyl sites for hydroxylation is 1. The number of thioether (sulfide) groups is 1. The molecule has 1 aromatic heterocycles. The Balaban J connectivity index is 1.88. The number of hydrogen-bond donors (Lipinski definition) is 0. The molecule has 1 heterocycles. The number of benzene rings is 2. The standard InChI is InChI=1S/C16H15FN4OS/c1-11-7-8-15(22-2)14(9-11)21-16(18-19-20-21)23-10-12-5-3-4-6-13(12)17/h3-9H,10H2,1-2H3. The van der Waals surface area contributed by atoms with Crippen LogP contribution in [0.3, 0.4) is 0 Å². The topological polar surface area (TPSA) is 52.8 Å². The van der Waals surface area contributed by atoms with Gasteiger partial charge in [-0.15, -0.1) is 5.10 Å². The van der Waals surface area contributed by atoms with Crippen molar-refractivity contribution in [2.75, 3.05) is 7.11 Å². The maximum atomic E-state index is 13.7. The summed E-state index contributed by atoms with van der Waals surface area (Å²) in [5.74, 6) is 0.893. The van der Waals surface area contributed by atoms with Gasteiger partial charge < -0.3 is 4.74 Å². The average Bonchev–Trinajstić information content (AvgIpc) is 3.02. The molecule has 23 heavy (non-hydrogen) atoms. The first-order chi connectivity index (χ1) is 11.2. The molecule has 0 bridgehead atoms. The minimum absolute atomic E-state index is 0.229. The van der Waals surface area contributed by atoms with Crippen LogP contribution in [-0.4, -0.2) is 27.3 Å². The first kappa shape index (κ1) is 15.5. The minimum atomic E-state index is -0.229. The van der Waals surface area contributed by atoms with Gasteiger partial charge in [0.25, 0.3) is 0 Å². The third-order valence-corrected chi connectivity index (χ3v) is 4.29. The van der Waals surface area contributed by atoms with Crippen molar-refractivity contribution in [3.8, 4) is 11.4 Å². The third-order valence-electron chi connectivity index (χ3n) is 3.32. The van der Waals surface area contributed by atoms with Crippen molar-refractivity contribution in [3.63, 3.8) is 0 Å². The second kappa shape index (κ2) is 6.78. The summed E-state index contributed by atoms with van der Waals surface area (Å²) < 4.78 is 20.7. The van der Waals surface area contributed by atoms with Crippen LogP contribution >= 0.6 is 11.8 Å². The molecule has 0 unspecified atom stereocenters. The van der Waals surface area contributed by atoms with Crippen molar-refractivity contribution in [3.05, 3.63) is 59.4 Å². The highest BCUT2D eigenvalue weighted by Gasteiger charge is 2.14. The molecule has 0 radical (unpaired) electrons. The molecule has 118 valence electrons. The number of tetrazole rings is 1. The van der Waals surface area contributed by atoms with Crippen molar-refractivity contribution in [2.24, 2.45) is 0 Å². The largest absolute Gasteiger partial charge is 0.494 e. The highest BCUT2D eigenvalue weighted by Crippen LogP contribution is 2.28. The van der Waals surface area contributed by atoms with Gasteiger partial charge in [-0.05, 0) is 46.7 Å². The van der Waals surface area contributed by atoms with Gasteiger partial charge in [-0.2, -0.15) is 4.68 Å². The molecule has 0 amide bonds. The molecule has 0 spiro atoms. The molecule has 7 heteroatoms. The lowest BCUT2D eigenvalue weighted by atomic mass is 10.2. The zero-order valence-corrected chi connectivity index (χ0v) is 13.5. The molecule has 5 nitrogen and oxygen atoms in total. The van der Waals surface area contributed by atoms with Crippen molar-refractivity contribution >= 4 is 11.8 Å². The quantitative estimate of drug-likeness (QED) is 0.671. The van der Waals surface area contributed by atoms with E-state index < -0.39 is 0 Å². The van der Waals surface area contributed by atoms with Crippen LogP contribution in [0.5, 0.6) is 5.75 Å². The van der Waals surface area contributed by atoms with E-state index in [2.05, 4.69) is 15.5 Å². The summed E-state index contributed by atoms with van der Waals surface area (Å²) in [6, 6.07) is 12.5. The Bertz CT molecular complexity index is 821. The van der Waals surface area contributed by atoms with Gasteiger partial charge in [-0.1, -0.05) is 36.0 Å². The van der Waals surface area contributed by atoms with Crippen molar-refractivity contribution < 1.29 is 9.13 Å². The van der Waals surface area contributed by atoms with Crippen molar-refractivity contribution in [1.82, 2.24) is 20.2 Å². The van der Waals surface area contributed by atoms with Gasteiger partial charge in [-0.3, -0.25) is 0 Å². The Morgan fingerprint density at radius 3 is 2.83 bits per heavy atom. The number of rotatable bonds is 5. The Morgan fingerprint density at radius 2 is 2.04 bits per heavy atom. The predicted octanol–water partition coefficient (Wildman–Crippen LogP) is 3.41. The molecular formula is C16H15FN4OS. The van der Waals surface area contributed by atoms with Crippen LogP contribution < -0.4 is 4.74 Å². The fourth-order valence-corrected chi connectivity index (χ4v) is 3.01. The number of ether oxygens (including phenoxy) is 1. The maximum absolute atomic E-state index is 13.7. The van der Waals surface area contributed by atoms with E-state index >= 15 is 0 Å². The molecule has 0 saturated carbocycles. The Morgan fingerprint density at radius 1 is 1.22 bits per heavy atom. The third kappa shape index (κ3) is 3.34. The lowest BCUT2D eigenvalue weighted by molar-refractivity contribution is 0.410. The smallest absolute Gasteiger partial charge is 0.214 e. The minimum Gasteiger partial charge on any atom is -0.494 e. The molecule has 0 saturated heterocycles. The fourth-order valence-electron chi connectivity index (χ4n) is 2.14. The molecule has 2 aromatic carbocycles. The predicted molar refractivity (Wildman–Crippen MR) is 86.4 cm³/mol. The van der Waals surface area contributed by atoms with E-state index in [-0.39, 0.29) is 5.82 Å². The molecule has 0 N–H and O–H groups in total. The fraction of sp³-hybridized carbons (Fsp3) is 0.188. The summed E-state index contributed by atoms with van der Waals surface area (Å²) in [5.41, 5.74) is 2.44. The van der Waals surface area contributed by atoms with Gasteiger partial charge in [0.2, 0.25) is 5.16 Å². The van der Waals surface area contributed by atoms with Gasteiger partial charge in [-0.25, -0.2) is 4.39 Å². The van der Waals surface area contributed by atoms with Crippen molar-refractivity contribution in [2.45, 2.75) is 17.8 Å².